The summed E-state index contributed by atoms with van der Waals surface area (Å²) in [7, 11) is 0. The highest BCUT2D eigenvalue weighted by Gasteiger charge is 2.20. The molecule has 0 amide bonds. The van der Waals surface area contributed by atoms with E-state index in [2.05, 4.69) is 28.2 Å². The van der Waals surface area contributed by atoms with Crippen LogP contribution in [0.1, 0.15) is 49.8 Å². The van der Waals surface area contributed by atoms with Crippen molar-refractivity contribution in [3.8, 4) is 0 Å². The summed E-state index contributed by atoms with van der Waals surface area (Å²) in [5.41, 5.74) is 2.52. The molecule has 4 heteroatoms. The molecule has 19 heavy (non-hydrogen) atoms. The SMILES string of the molecule is Cc1nn(CCCC2CCCO2)cc1CNC1CC1. The summed E-state index contributed by atoms with van der Waals surface area (Å²) in [6.07, 6.45) is 10.2. The molecule has 1 atom stereocenters. The summed E-state index contributed by atoms with van der Waals surface area (Å²) in [6, 6.07) is 0.766. The predicted octanol–water partition coefficient (Wildman–Crippen LogP) is 2.40. The molecule has 0 bridgehead atoms. The van der Waals surface area contributed by atoms with E-state index in [4.69, 9.17) is 4.74 Å². The Hall–Kier alpha value is -0.870. The van der Waals surface area contributed by atoms with Crippen molar-refractivity contribution in [1.82, 2.24) is 15.1 Å². The summed E-state index contributed by atoms with van der Waals surface area (Å²) in [4.78, 5) is 0. The zero-order chi connectivity index (χ0) is 13.1. The van der Waals surface area contributed by atoms with Crippen LogP contribution < -0.4 is 5.32 Å². The van der Waals surface area contributed by atoms with Crippen LogP contribution in [0.2, 0.25) is 0 Å². The first-order chi connectivity index (χ1) is 9.31. The standard InChI is InChI=1S/C15H25N3O/c1-12-13(10-16-14-6-7-14)11-18(17-12)8-2-4-15-5-3-9-19-15/h11,14-16H,2-10H2,1H3. The Morgan fingerprint density at radius 2 is 2.32 bits per heavy atom. The van der Waals surface area contributed by atoms with Gasteiger partial charge in [0.25, 0.3) is 0 Å². The van der Waals surface area contributed by atoms with Gasteiger partial charge in [0.15, 0.2) is 0 Å². The number of aryl methyl sites for hydroxylation is 2. The van der Waals surface area contributed by atoms with Crippen LogP contribution in [0.25, 0.3) is 0 Å². The normalized spacial score (nSPS) is 23.1. The van der Waals surface area contributed by atoms with Crippen molar-refractivity contribution in [3.05, 3.63) is 17.5 Å². The molecule has 1 N–H and O–H groups in total. The topological polar surface area (TPSA) is 39.1 Å². The van der Waals surface area contributed by atoms with Crippen molar-refractivity contribution < 1.29 is 4.74 Å². The van der Waals surface area contributed by atoms with Crippen LogP contribution in [0, 0.1) is 6.92 Å². The fraction of sp³-hybridized carbons (Fsp3) is 0.800. The maximum atomic E-state index is 5.65. The average molecular weight is 263 g/mol. The minimum absolute atomic E-state index is 0.507. The number of hydrogen-bond donors (Lipinski definition) is 1. The summed E-state index contributed by atoms with van der Waals surface area (Å²) in [5, 5.41) is 8.16. The second kappa shape index (κ2) is 6.06. The largest absolute Gasteiger partial charge is 0.378 e. The fourth-order valence-electron chi connectivity index (χ4n) is 2.74. The number of nitrogens with one attached hydrogen (secondary N) is 1. The third-order valence-corrected chi connectivity index (χ3v) is 4.14. The van der Waals surface area contributed by atoms with Crippen LogP contribution in [-0.4, -0.2) is 28.5 Å². The lowest BCUT2D eigenvalue weighted by Crippen LogP contribution is -2.15. The van der Waals surface area contributed by atoms with Gasteiger partial charge in [-0.15, -0.1) is 0 Å². The van der Waals surface area contributed by atoms with Crippen molar-refractivity contribution >= 4 is 0 Å². The average Bonchev–Trinajstić information content (AvgIpc) is 2.95. The number of aromatic nitrogens is 2. The third kappa shape index (κ3) is 3.80. The van der Waals surface area contributed by atoms with Gasteiger partial charge in [-0.2, -0.15) is 5.10 Å². The number of rotatable bonds is 7. The maximum Gasteiger partial charge on any atom is 0.0638 e. The van der Waals surface area contributed by atoms with E-state index >= 15 is 0 Å². The molecule has 1 aromatic heterocycles. The molecule has 1 saturated carbocycles. The second-order valence-electron chi connectivity index (χ2n) is 5.94. The summed E-state index contributed by atoms with van der Waals surface area (Å²) in [6.45, 7) is 5.06. The number of ether oxygens (including phenoxy) is 1. The first-order valence-corrected chi connectivity index (χ1v) is 7.69. The second-order valence-corrected chi connectivity index (χ2v) is 5.94. The van der Waals surface area contributed by atoms with Crippen molar-refractivity contribution in [1.29, 1.82) is 0 Å². The molecule has 3 rings (SSSR count). The molecule has 0 spiro atoms. The molecule has 4 nitrogen and oxygen atoms in total. The monoisotopic (exact) mass is 263 g/mol. The van der Waals surface area contributed by atoms with Crippen molar-refractivity contribution in [2.45, 2.75) is 70.7 Å². The van der Waals surface area contributed by atoms with E-state index in [1.807, 2.05) is 0 Å². The Morgan fingerprint density at radius 3 is 3.05 bits per heavy atom. The molecule has 2 heterocycles. The number of nitrogens with zero attached hydrogens (tertiary/aromatic N) is 2. The van der Waals surface area contributed by atoms with Crippen molar-refractivity contribution in [3.63, 3.8) is 0 Å². The van der Waals surface area contributed by atoms with E-state index in [1.165, 1.54) is 49.8 Å². The van der Waals surface area contributed by atoms with Crippen LogP contribution in [0.15, 0.2) is 6.20 Å². The third-order valence-electron chi connectivity index (χ3n) is 4.14. The van der Waals surface area contributed by atoms with Gasteiger partial charge in [-0.3, -0.25) is 4.68 Å². The van der Waals surface area contributed by atoms with Gasteiger partial charge >= 0.3 is 0 Å². The summed E-state index contributed by atoms with van der Waals surface area (Å²) in [5.74, 6) is 0. The summed E-state index contributed by atoms with van der Waals surface area (Å²) >= 11 is 0. The van der Waals surface area contributed by atoms with E-state index < -0.39 is 0 Å². The number of hydrogen-bond acceptors (Lipinski definition) is 3. The fourth-order valence-corrected chi connectivity index (χ4v) is 2.74. The molecule has 1 aliphatic carbocycles. The van der Waals surface area contributed by atoms with Gasteiger partial charge in [0, 0.05) is 37.5 Å². The Bertz CT molecular complexity index is 406. The molecule has 106 valence electrons. The quantitative estimate of drug-likeness (QED) is 0.821. The van der Waals surface area contributed by atoms with Crippen LogP contribution in [0.5, 0.6) is 0 Å². The van der Waals surface area contributed by atoms with E-state index in [0.717, 1.165) is 25.7 Å². The van der Waals surface area contributed by atoms with E-state index in [9.17, 15) is 0 Å². The molecule has 1 saturated heterocycles. The van der Waals surface area contributed by atoms with E-state index in [-0.39, 0.29) is 0 Å². The first-order valence-electron chi connectivity index (χ1n) is 7.69. The Kier molecular flexibility index (Phi) is 4.18. The van der Waals surface area contributed by atoms with Gasteiger partial charge in [0.05, 0.1) is 11.8 Å². The highest BCUT2D eigenvalue weighted by molar-refractivity contribution is 5.15. The van der Waals surface area contributed by atoms with Crippen LogP contribution in [0.4, 0.5) is 0 Å². The Labute approximate surface area is 115 Å². The molecule has 2 aliphatic rings. The molecule has 0 aromatic carbocycles. The van der Waals surface area contributed by atoms with Crippen molar-refractivity contribution in [2.24, 2.45) is 0 Å². The minimum Gasteiger partial charge on any atom is -0.378 e. The molecular weight excluding hydrogens is 238 g/mol. The predicted molar refractivity (Wildman–Crippen MR) is 75.0 cm³/mol. The van der Waals surface area contributed by atoms with E-state index in [1.54, 1.807) is 0 Å². The molecule has 1 aromatic rings. The highest BCUT2D eigenvalue weighted by atomic mass is 16.5. The van der Waals surface area contributed by atoms with Crippen LogP contribution in [0.3, 0.4) is 0 Å². The molecule has 2 fully saturated rings. The minimum atomic E-state index is 0.507. The first kappa shape index (κ1) is 13.1. The van der Waals surface area contributed by atoms with Gasteiger partial charge in [0.2, 0.25) is 0 Å². The Morgan fingerprint density at radius 1 is 1.42 bits per heavy atom. The van der Waals surface area contributed by atoms with Crippen molar-refractivity contribution in [2.75, 3.05) is 6.61 Å². The Balaban J connectivity index is 1.43. The highest BCUT2D eigenvalue weighted by Crippen LogP contribution is 2.20. The lowest BCUT2D eigenvalue weighted by molar-refractivity contribution is 0.101. The van der Waals surface area contributed by atoms with Gasteiger partial charge in [-0.1, -0.05) is 0 Å². The molecule has 0 radical (unpaired) electrons. The van der Waals surface area contributed by atoms with Gasteiger partial charge < -0.3 is 10.1 Å². The molecule has 1 unspecified atom stereocenters. The lowest BCUT2D eigenvalue weighted by Gasteiger charge is -2.08. The lowest BCUT2D eigenvalue weighted by atomic mass is 10.1. The van der Waals surface area contributed by atoms with Gasteiger partial charge in [-0.25, -0.2) is 0 Å². The van der Waals surface area contributed by atoms with Crippen LogP contribution in [-0.2, 0) is 17.8 Å². The zero-order valence-electron chi connectivity index (χ0n) is 11.9. The van der Waals surface area contributed by atoms with Gasteiger partial charge in [-0.05, 0) is 45.4 Å². The molecule has 1 aliphatic heterocycles. The van der Waals surface area contributed by atoms with E-state index in [0.29, 0.717) is 6.10 Å². The maximum absolute atomic E-state index is 5.65. The smallest absolute Gasteiger partial charge is 0.0638 e. The van der Waals surface area contributed by atoms with Gasteiger partial charge in [0.1, 0.15) is 0 Å². The summed E-state index contributed by atoms with van der Waals surface area (Å²) < 4.78 is 7.76. The molecular formula is C15H25N3O. The zero-order valence-corrected chi connectivity index (χ0v) is 11.9. The van der Waals surface area contributed by atoms with Crippen LogP contribution >= 0.6 is 0 Å².